The monoisotopic (exact) mass is 354 g/mol. The van der Waals surface area contributed by atoms with Gasteiger partial charge >= 0.3 is 0 Å². The minimum absolute atomic E-state index is 0.264. The Hall–Kier alpha value is -2.63. The largest absolute Gasteiger partial charge is 0.508 e. The number of rotatable bonds is 10. The summed E-state index contributed by atoms with van der Waals surface area (Å²) in [5.74, 6) is 0.528. The topological polar surface area (TPSA) is 72.8 Å². The Morgan fingerprint density at radius 2 is 1.54 bits per heavy atom. The first-order valence-corrected chi connectivity index (χ1v) is 8.71. The molecule has 0 spiro atoms. The number of aromatic hydroxyl groups is 2. The summed E-state index contributed by atoms with van der Waals surface area (Å²) < 4.78 is 0. The molecule has 0 aliphatic heterocycles. The summed E-state index contributed by atoms with van der Waals surface area (Å²) in [6.45, 7) is 4.89. The SMILES string of the molecule is C/C=C(\C=O)CNCCN(Cc1ccccc1O)Cc1ccccc1O. The second-order valence-electron chi connectivity index (χ2n) is 6.13. The normalized spacial score (nSPS) is 11.7. The Morgan fingerprint density at radius 1 is 1.00 bits per heavy atom. The van der Waals surface area contributed by atoms with Crippen LogP contribution in [0.5, 0.6) is 11.5 Å². The quantitative estimate of drug-likeness (QED) is 0.348. The van der Waals surface area contributed by atoms with Crippen molar-refractivity contribution in [2.45, 2.75) is 20.0 Å². The lowest BCUT2D eigenvalue weighted by atomic mass is 10.1. The van der Waals surface area contributed by atoms with Crippen LogP contribution in [-0.2, 0) is 17.9 Å². The molecule has 0 atom stereocenters. The zero-order chi connectivity index (χ0) is 18.8. The Balaban J connectivity index is 2.02. The van der Waals surface area contributed by atoms with Crippen LogP contribution >= 0.6 is 0 Å². The molecule has 5 nitrogen and oxygen atoms in total. The van der Waals surface area contributed by atoms with Crippen molar-refractivity contribution >= 4 is 6.29 Å². The zero-order valence-electron chi connectivity index (χ0n) is 15.1. The molecule has 0 radical (unpaired) electrons. The van der Waals surface area contributed by atoms with Gasteiger partial charge in [-0.2, -0.15) is 0 Å². The van der Waals surface area contributed by atoms with Crippen molar-refractivity contribution in [2.24, 2.45) is 0 Å². The van der Waals surface area contributed by atoms with Gasteiger partial charge in [0, 0.05) is 49.4 Å². The molecule has 0 aromatic heterocycles. The molecular weight excluding hydrogens is 328 g/mol. The number of carbonyl (C=O) groups excluding carboxylic acids is 1. The molecule has 3 N–H and O–H groups in total. The van der Waals surface area contributed by atoms with E-state index in [0.29, 0.717) is 32.7 Å². The Bertz CT molecular complexity index is 696. The highest BCUT2D eigenvalue weighted by molar-refractivity contribution is 5.73. The molecule has 0 fully saturated rings. The van der Waals surface area contributed by atoms with Crippen molar-refractivity contribution in [1.82, 2.24) is 10.2 Å². The predicted octanol–water partition coefficient (Wildman–Crippen LogP) is 2.83. The van der Waals surface area contributed by atoms with Crippen LogP contribution in [0.3, 0.4) is 0 Å². The number of phenolic OH excluding ortho intramolecular Hbond substituents is 2. The standard InChI is InChI=1S/C21H26N2O3/c1-2-17(16-24)13-22-11-12-23(14-18-7-3-5-9-20(18)25)15-19-8-4-6-10-21(19)26/h2-10,16,22,25-26H,11-15H2,1H3/b17-2-. The summed E-state index contributed by atoms with van der Waals surface area (Å²) >= 11 is 0. The highest BCUT2D eigenvalue weighted by Crippen LogP contribution is 2.22. The van der Waals surface area contributed by atoms with Crippen molar-refractivity contribution in [3.63, 3.8) is 0 Å². The lowest BCUT2D eigenvalue weighted by Gasteiger charge is -2.23. The van der Waals surface area contributed by atoms with Gasteiger partial charge in [-0.15, -0.1) is 0 Å². The molecule has 2 aromatic rings. The maximum absolute atomic E-state index is 10.8. The number of para-hydroxylation sites is 2. The van der Waals surface area contributed by atoms with E-state index in [1.54, 1.807) is 30.3 Å². The number of hydrogen-bond acceptors (Lipinski definition) is 5. The fourth-order valence-corrected chi connectivity index (χ4v) is 2.67. The third-order valence-electron chi connectivity index (χ3n) is 4.23. The van der Waals surface area contributed by atoms with Crippen LogP contribution in [0.25, 0.3) is 0 Å². The minimum atomic E-state index is 0.264. The molecule has 2 rings (SSSR count). The molecule has 0 aliphatic rings. The molecule has 2 aromatic carbocycles. The van der Waals surface area contributed by atoms with Gasteiger partial charge in [0.2, 0.25) is 0 Å². The number of nitrogens with one attached hydrogen (secondary N) is 1. The van der Waals surface area contributed by atoms with Gasteiger partial charge in [0.05, 0.1) is 0 Å². The smallest absolute Gasteiger partial charge is 0.146 e. The van der Waals surface area contributed by atoms with Crippen molar-refractivity contribution in [3.8, 4) is 11.5 Å². The number of allylic oxidation sites excluding steroid dienone is 1. The second-order valence-corrected chi connectivity index (χ2v) is 6.13. The van der Waals surface area contributed by atoms with Crippen LogP contribution in [0.15, 0.2) is 60.2 Å². The van der Waals surface area contributed by atoms with Gasteiger partial charge in [0.1, 0.15) is 17.8 Å². The van der Waals surface area contributed by atoms with E-state index in [1.807, 2.05) is 31.2 Å². The number of aldehydes is 1. The third-order valence-corrected chi connectivity index (χ3v) is 4.23. The highest BCUT2D eigenvalue weighted by atomic mass is 16.3. The molecule has 0 amide bonds. The van der Waals surface area contributed by atoms with Gasteiger partial charge in [-0.3, -0.25) is 9.69 Å². The van der Waals surface area contributed by atoms with E-state index in [1.165, 1.54) is 0 Å². The molecule has 0 bridgehead atoms. The number of hydrogen-bond donors (Lipinski definition) is 3. The van der Waals surface area contributed by atoms with Crippen LogP contribution in [0, 0.1) is 0 Å². The number of benzene rings is 2. The molecule has 0 aliphatic carbocycles. The first-order valence-electron chi connectivity index (χ1n) is 8.71. The molecule has 0 saturated carbocycles. The van der Waals surface area contributed by atoms with E-state index in [2.05, 4.69) is 10.2 Å². The van der Waals surface area contributed by atoms with Gasteiger partial charge in [0.25, 0.3) is 0 Å². The highest BCUT2D eigenvalue weighted by Gasteiger charge is 2.11. The third kappa shape index (κ3) is 6.02. The first kappa shape index (κ1) is 19.7. The van der Waals surface area contributed by atoms with Gasteiger partial charge < -0.3 is 15.5 Å². The van der Waals surface area contributed by atoms with Crippen LogP contribution < -0.4 is 5.32 Å². The Morgan fingerprint density at radius 3 is 2.00 bits per heavy atom. The van der Waals surface area contributed by atoms with Crippen molar-refractivity contribution in [3.05, 3.63) is 71.3 Å². The van der Waals surface area contributed by atoms with E-state index < -0.39 is 0 Å². The lowest BCUT2D eigenvalue weighted by Crippen LogP contribution is -2.32. The average molecular weight is 354 g/mol. The van der Waals surface area contributed by atoms with Gasteiger partial charge in [-0.1, -0.05) is 42.5 Å². The molecule has 0 saturated heterocycles. The average Bonchev–Trinajstić information content (AvgIpc) is 2.65. The summed E-state index contributed by atoms with van der Waals surface area (Å²) in [6, 6.07) is 14.5. The Kier molecular flexibility index (Phi) is 7.86. The first-order chi connectivity index (χ1) is 12.6. The summed E-state index contributed by atoms with van der Waals surface area (Å²) in [6.07, 6.45) is 2.65. The second kappa shape index (κ2) is 10.4. The fourth-order valence-electron chi connectivity index (χ4n) is 2.67. The van der Waals surface area contributed by atoms with Gasteiger partial charge in [-0.25, -0.2) is 0 Å². The van der Waals surface area contributed by atoms with E-state index in [-0.39, 0.29) is 11.5 Å². The van der Waals surface area contributed by atoms with Crippen LogP contribution in [0.4, 0.5) is 0 Å². The van der Waals surface area contributed by atoms with Crippen LogP contribution in [0.1, 0.15) is 18.1 Å². The molecule has 0 unspecified atom stereocenters. The molecule has 26 heavy (non-hydrogen) atoms. The van der Waals surface area contributed by atoms with E-state index in [0.717, 1.165) is 23.0 Å². The van der Waals surface area contributed by atoms with E-state index in [9.17, 15) is 15.0 Å². The predicted molar refractivity (Wildman–Crippen MR) is 103 cm³/mol. The summed E-state index contributed by atoms with van der Waals surface area (Å²) in [5, 5.41) is 23.4. The maximum Gasteiger partial charge on any atom is 0.146 e. The van der Waals surface area contributed by atoms with Crippen molar-refractivity contribution in [1.29, 1.82) is 0 Å². The number of phenols is 2. The zero-order valence-corrected chi connectivity index (χ0v) is 15.1. The molecule has 138 valence electrons. The lowest BCUT2D eigenvalue weighted by molar-refractivity contribution is -0.105. The maximum atomic E-state index is 10.8. The van der Waals surface area contributed by atoms with Crippen molar-refractivity contribution in [2.75, 3.05) is 19.6 Å². The van der Waals surface area contributed by atoms with Gasteiger partial charge in [-0.05, 0) is 19.1 Å². The van der Waals surface area contributed by atoms with Gasteiger partial charge in [0.15, 0.2) is 0 Å². The van der Waals surface area contributed by atoms with E-state index in [4.69, 9.17) is 0 Å². The van der Waals surface area contributed by atoms with E-state index >= 15 is 0 Å². The fraction of sp³-hybridized carbons (Fsp3) is 0.286. The molecule has 0 heterocycles. The van der Waals surface area contributed by atoms with Crippen LogP contribution in [0.2, 0.25) is 0 Å². The summed E-state index contributed by atoms with van der Waals surface area (Å²) in [5.41, 5.74) is 2.40. The summed E-state index contributed by atoms with van der Waals surface area (Å²) in [7, 11) is 0. The number of nitrogens with zero attached hydrogens (tertiary/aromatic N) is 1. The molecular formula is C21H26N2O3. The minimum Gasteiger partial charge on any atom is -0.508 e. The number of carbonyl (C=O) groups is 1. The van der Waals surface area contributed by atoms with Crippen LogP contribution in [-0.4, -0.2) is 41.0 Å². The summed E-state index contributed by atoms with van der Waals surface area (Å²) in [4.78, 5) is 13.0. The Labute approximate surface area is 154 Å². The molecule has 5 heteroatoms. The van der Waals surface area contributed by atoms with Crippen molar-refractivity contribution < 1.29 is 15.0 Å².